The van der Waals surface area contributed by atoms with Gasteiger partial charge in [0.2, 0.25) is 0 Å². The number of esters is 1. The lowest BCUT2D eigenvalue weighted by atomic mass is 9.94. The third-order valence-corrected chi connectivity index (χ3v) is 1.63. The molecule has 0 heterocycles. The Balaban J connectivity index is 2.79. The molecule has 1 aromatic rings. The highest BCUT2D eigenvalue weighted by molar-refractivity contribution is 6.41. The second-order valence-electron chi connectivity index (χ2n) is 2.67. The van der Waals surface area contributed by atoms with E-state index >= 15 is 0 Å². The van der Waals surface area contributed by atoms with E-state index in [0.29, 0.717) is 5.46 Å². The highest BCUT2D eigenvalue weighted by atomic mass is 16.5. The molecule has 0 spiro atoms. The minimum atomic E-state index is -0.836. The fraction of sp³-hybridized carbons (Fsp3) is 0.200. The van der Waals surface area contributed by atoms with Crippen LogP contribution in [0.15, 0.2) is 24.3 Å². The number of benzene rings is 1. The Kier molecular flexibility index (Phi) is 3.45. The molecule has 14 heavy (non-hydrogen) atoms. The van der Waals surface area contributed by atoms with Gasteiger partial charge in [0.25, 0.3) is 5.78 Å². The van der Waals surface area contributed by atoms with Gasteiger partial charge in [-0.15, -0.1) is 0 Å². The lowest BCUT2D eigenvalue weighted by Crippen LogP contribution is -2.18. The van der Waals surface area contributed by atoms with Crippen molar-refractivity contribution in [3.05, 3.63) is 29.8 Å². The fourth-order valence-corrected chi connectivity index (χ4v) is 0.949. The van der Waals surface area contributed by atoms with Crippen molar-refractivity contribution in [3.8, 4) is 0 Å². The summed E-state index contributed by atoms with van der Waals surface area (Å²) in [5.74, 6) is -1.48. The molecule has 1 rings (SSSR count). The molecule has 0 fully saturated rings. The summed E-state index contributed by atoms with van der Waals surface area (Å²) < 4.78 is 4.57. The molecule has 1 aromatic carbocycles. The van der Waals surface area contributed by atoms with E-state index in [4.69, 9.17) is 7.85 Å². The van der Waals surface area contributed by atoms with Gasteiger partial charge in [-0.25, -0.2) is 4.79 Å². The summed E-state index contributed by atoms with van der Waals surface area (Å²) in [4.78, 5) is 22.4. The van der Waals surface area contributed by atoms with E-state index < -0.39 is 11.8 Å². The van der Waals surface area contributed by atoms with Crippen LogP contribution in [0, 0.1) is 0 Å². The molecule has 0 aromatic heterocycles. The van der Waals surface area contributed by atoms with E-state index in [1.807, 2.05) is 0 Å². The van der Waals surface area contributed by atoms with Gasteiger partial charge in [-0.05, 0) is 6.92 Å². The molecular weight excluding hydrogens is 179 g/mol. The van der Waals surface area contributed by atoms with Crippen LogP contribution in [0.4, 0.5) is 0 Å². The zero-order valence-corrected chi connectivity index (χ0v) is 7.82. The monoisotopic (exact) mass is 188 g/mol. The van der Waals surface area contributed by atoms with E-state index in [0.717, 1.165) is 0 Å². The van der Waals surface area contributed by atoms with Gasteiger partial charge in [0.1, 0.15) is 7.85 Å². The number of carbonyl (C=O) groups excluding carboxylic acids is 2. The largest absolute Gasteiger partial charge is 0.460 e. The van der Waals surface area contributed by atoms with Crippen LogP contribution < -0.4 is 5.46 Å². The average Bonchev–Trinajstić information content (AvgIpc) is 2.18. The second-order valence-corrected chi connectivity index (χ2v) is 2.67. The molecular formula is C10H9BO3. The zero-order valence-electron chi connectivity index (χ0n) is 7.82. The van der Waals surface area contributed by atoms with Crippen molar-refractivity contribution in [2.24, 2.45) is 0 Å². The summed E-state index contributed by atoms with van der Waals surface area (Å²) >= 11 is 0. The van der Waals surface area contributed by atoms with Gasteiger partial charge in [0.05, 0.1) is 6.61 Å². The molecule has 2 radical (unpaired) electrons. The standard InChI is InChI=1S/C10H9BO3/c1-2-14-10(13)9(12)7-3-5-8(11)6-4-7/h3-6H,2H2,1H3. The van der Waals surface area contributed by atoms with Crippen LogP contribution in [0.3, 0.4) is 0 Å². The van der Waals surface area contributed by atoms with Crippen LogP contribution in [0.5, 0.6) is 0 Å². The zero-order chi connectivity index (χ0) is 10.6. The molecule has 0 aliphatic rings. The Hall–Kier alpha value is -1.58. The average molecular weight is 188 g/mol. The van der Waals surface area contributed by atoms with E-state index in [2.05, 4.69) is 4.74 Å². The van der Waals surface area contributed by atoms with E-state index in [1.165, 1.54) is 12.1 Å². The maximum absolute atomic E-state index is 11.3. The van der Waals surface area contributed by atoms with Gasteiger partial charge < -0.3 is 4.74 Å². The minimum Gasteiger partial charge on any atom is -0.460 e. The predicted molar refractivity (Wildman–Crippen MR) is 52.8 cm³/mol. The molecule has 0 atom stereocenters. The number of hydrogen-bond acceptors (Lipinski definition) is 3. The van der Waals surface area contributed by atoms with Crippen molar-refractivity contribution >= 4 is 25.1 Å². The Morgan fingerprint density at radius 1 is 1.29 bits per heavy atom. The molecule has 0 aliphatic carbocycles. The first kappa shape index (κ1) is 10.5. The lowest BCUT2D eigenvalue weighted by Gasteiger charge is -2.00. The molecule has 0 saturated carbocycles. The molecule has 4 heteroatoms. The second kappa shape index (κ2) is 4.60. The Bertz CT molecular complexity index is 343. The van der Waals surface area contributed by atoms with Crippen LogP contribution in [-0.4, -0.2) is 26.2 Å². The molecule has 0 unspecified atom stereocenters. The normalized spacial score (nSPS) is 9.50. The number of rotatable bonds is 3. The quantitative estimate of drug-likeness (QED) is 0.295. The van der Waals surface area contributed by atoms with Crippen molar-refractivity contribution in [1.82, 2.24) is 0 Å². The van der Waals surface area contributed by atoms with Gasteiger partial charge in [0.15, 0.2) is 0 Å². The smallest absolute Gasteiger partial charge is 0.379 e. The Morgan fingerprint density at radius 3 is 2.36 bits per heavy atom. The van der Waals surface area contributed by atoms with Crippen LogP contribution in [0.1, 0.15) is 17.3 Å². The number of ketones is 1. The number of Topliss-reactive ketones (excluding diaryl/α,β-unsaturated/α-hetero) is 1. The molecule has 0 N–H and O–H groups in total. The highest BCUT2D eigenvalue weighted by Crippen LogP contribution is 1.99. The van der Waals surface area contributed by atoms with Crippen molar-refractivity contribution in [2.45, 2.75) is 6.92 Å². The van der Waals surface area contributed by atoms with Crippen molar-refractivity contribution in [3.63, 3.8) is 0 Å². The maximum Gasteiger partial charge on any atom is 0.379 e. The third kappa shape index (κ3) is 2.45. The van der Waals surface area contributed by atoms with E-state index in [1.54, 1.807) is 19.1 Å². The van der Waals surface area contributed by atoms with Crippen LogP contribution in [-0.2, 0) is 9.53 Å². The number of hydrogen-bond donors (Lipinski definition) is 0. The summed E-state index contributed by atoms with van der Waals surface area (Å²) in [6.07, 6.45) is 0. The SMILES string of the molecule is [B]c1ccc(C(=O)C(=O)OCC)cc1. The maximum atomic E-state index is 11.3. The highest BCUT2D eigenvalue weighted by Gasteiger charge is 2.16. The molecule has 0 aliphatic heterocycles. The number of ether oxygens (including phenoxy) is 1. The summed E-state index contributed by atoms with van der Waals surface area (Å²) in [5, 5.41) is 0. The summed E-state index contributed by atoms with van der Waals surface area (Å²) in [6.45, 7) is 1.84. The van der Waals surface area contributed by atoms with E-state index in [9.17, 15) is 9.59 Å². The molecule has 0 amide bonds. The van der Waals surface area contributed by atoms with E-state index in [-0.39, 0.29) is 12.2 Å². The number of carbonyl (C=O) groups is 2. The van der Waals surface area contributed by atoms with Gasteiger partial charge in [-0.2, -0.15) is 0 Å². The van der Waals surface area contributed by atoms with Crippen molar-refractivity contribution < 1.29 is 14.3 Å². The van der Waals surface area contributed by atoms with Crippen molar-refractivity contribution in [2.75, 3.05) is 6.61 Å². The van der Waals surface area contributed by atoms with Crippen LogP contribution in [0.2, 0.25) is 0 Å². The van der Waals surface area contributed by atoms with Crippen LogP contribution >= 0.6 is 0 Å². The van der Waals surface area contributed by atoms with Gasteiger partial charge in [-0.3, -0.25) is 4.79 Å². The first-order valence-corrected chi connectivity index (χ1v) is 4.22. The fourth-order valence-electron chi connectivity index (χ4n) is 0.949. The van der Waals surface area contributed by atoms with Gasteiger partial charge in [-0.1, -0.05) is 29.7 Å². The summed E-state index contributed by atoms with van der Waals surface area (Å²) in [6, 6.07) is 6.11. The lowest BCUT2D eigenvalue weighted by molar-refractivity contribution is -0.137. The molecule has 0 saturated heterocycles. The van der Waals surface area contributed by atoms with Crippen LogP contribution in [0.25, 0.3) is 0 Å². The summed E-state index contributed by atoms with van der Waals surface area (Å²) in [5.41, 5.74) is 0.836. The minimum absolute atomic E-state index is 0.194. The van der Waals surface area contributed by atoms with Gasteiger partial charge in [0, 0.05) is 5.56 Å². The topological polar surface area (TPSA) is 43.4 Å². The Morgan fingerprint density at radius 2 is 1.86 bits per heavy atom. The predicted octanol–water partition coefficient (Wildman–Crippen LogP) is 0.226. The summed E-state index contributed by atoms with van der Waals surface area (Å²) in [7, 11) is 5.43. The third-order valence-electron chi connectivity index (χ3n) is 1.63. The Labute approximate surface area is 83.5 Å². The first-order chi connectivity index (χ1) is 6.65. The van der Waals surface area contributed by atoms with Gasteiger partial charge >= 0.3 is 5.97 Å². The molecule has 0 bridgehead atoms. The van der Waals surface area contributed by atoms with Crippen molar-refractivity contribution in [1.29, 1.82) is 0 Å². The molecule has 70 valence electrons. The molecule has 3 nitrogen and oxygen atoms in total. The first-order valence-electron chi connectivity index (χ1n) is 4.22.